The third-order valence-corrected chi connectivity index (χ3v) is 4.20. The van der Waals surface area contributed by atoms with E-state index in [1.807, 2.05) is 25.1 Å². The minimum Gasteiger partial charge on any atom is -0.331 e. The first-order chi connectivity index (χ1) is 12.5. The van der Waals surface area contributed by atoms with Crippen molar-refractivity contribution in [2.24, 2.45) is 7.05 Å². The van der Waals surface area contributed by atoms with Crippen molar-refractivity contribution in [3.8, 4) is 0 Å². The molecule has 2 aromatic heterocycles. The molecule has 0 aliphatic rings. The molecule has 1 unspecified atom stereocenters. The van der Waals surface area contributed by atoms with Gasteiger partial charge in [0.25, 0.3) is 0 Å². The average Bonchev–Trinajstić information content (AvgIpc) is 2.94. The second-order valence-corrected chi connectivity index (χ2v) is 6.42. The Labute approximate surface area is 153 Å². The maximum atomic E-state index is 12.5. The SMILES string of the molecule is Cc1ccc(CC(NC(=O)Nc2cc(C)nn2C)c2cccnc2)cc1. The zero-order valence-corrected chi connectivity index (χ0v) is 15.2. The fourth-order valence-corrected chi connectivity index (χ4v) is 2.83. The maximum Gasteiger partial charge on any atom is 0.320 e. The van der Waals surface area contributed by atoms with E-state index < -0.39 is 0 Å². The highest BCUT2D eigenvalue weighted by Crippen LogP contribution is 2.19. The van der Waals surface area contributed by atoms with Crippen LogP contribution in [0, 0.1) is 13.8 Å². The van der Waals surface area contributed by atoms with Crippen LogP contribution < -0.4 is 10.6 Å². The van der Waals surface area contributed by atoms with Crippen molar-refractivity contribution in [2.75, 3.05) is 5.32 Å². The maximum absolute atomic E-state index is 12.5. The second-order valence-electron chi connectivity index (χ2n) is 6.42. The minimum absolute atomic E-state index is 0.180. The van der Waals surface area contributed by atoms with Crippen LogP contribution in [-0.4, -0.2) is 20.8 Å². The van der Waals surface area contributed by atoms with Gasteiger partial charge in [0, 0.05) is 25.5 Å². The van der Waals surface area contributed by atoms with Crippen LogP contribution in [0.5, 0.6) is 0 Å². The van der Waals surface area contributed by atoms with Crippen molar-refractivity contribution in [2.45, 2.75) is 26.3 Å². The Bertz CT molecular complexity index is 871. The van der Waals surface area contributed by atoms with Crippen molar-refractivity contribution in [3.05, 3.63) is 77.2 Å². The molecular formula is C20H23N5O. The van der Waals surface area contributed by atoms with Crippen LogP contribution in [0.3, 0.4) is 0 Å². The number of nitrogens with zero attached hydrogens (tertiary/aromatic N) is 3. The zero-order chi connectivity index (χ0) is 18.5. The van der Waals surface area contributed by atoms with Crippen molar-refractivity contribution < 1.29 is 4.79 Å². The number of aromatic nitrogens is 3. The summed E-state index contributed by atoms with van der Waals surface area (Å²) < 4.78 is 1.65. The highest BCUT2D eigenvalue weighted by Gasteiger charge is 2.16. The Kier molecular flexibility index (Phi) is 5.31. The molecule has 0 aliphatic carbocycles. The summed E-state index contributed by atoms with van der Waals surface area (Å²) in [7, 11) is 1.80. The number of nitrogens with one attached hydrogen (secondary N) is 2. The highest BCUT2D eigenvalue weighted by atomic mass is 16.2. The molecule has 6 heteroatoms. The van der Waals surface area contributed by atoms with Crippen molar-refractivity contribution in [1.82, 2.24) is 20.1 Å². The first-order valence-electron chi connectivity index (χ1n) is 8.55. The van der Waals surface area contributed by atoms with Gasteiger partial charge in [0.2, 0.25) is 0 Å². The second kappa shape index (κ2) is 7.82. The van der Waals surface area contributed by atoms with Gasteiger partial charge in [-0.3, -0.25) is 15.0 Å². The van der Waals surface area contributed by atoms with Gasteiger partial charge in [-0.05, 0) is 37.5 Å². The topological polar surface area (TPSA) is 71.8 Å². The van der Waals surface area contributed by atoms with Gasteiger partial charge in [-0.2, -0.15) is 5.10 Å². The van der Waals surface area contributed by atoms with Crippen LogP contribution >= 0.6 is 0 Å². The number of hydrogen-bond acceptors (Lipinski definition) is 3. The number of benzene rings is 1. The third-order valence-electron chi connectivity index (χ3n) is 4.20. The summed E-state index contributed by atoms with van der Waals surface area (Å²) >= 11 is 0. The number of rotatable bonds is 5. The molecule has 0 saturated heterocycles. The van der Waals surface area contributed by atoms with E-state index in [0.717, 1.165) is 16.8 Å². The number of urea groups is 1. The highest BCUT2D eigenvalue weighted by molar-refractivity contribution is 5.88. The molecule has 0 saturated carbocycles. The van der Waals surface area contributed by atoms with Gasteiger partial charge in [0.05, 0.1) is 11.7 Å². The molecule has 0 bridgehead atoms. The Morgan fingerprint density at radius 3 is 2.58 bits per heavy atom. The zero-order valence-electron chi connectivity index (χ0n) is 15.2. The van der Waals surface area contributed by atoms with E-state index >= 15 is 0 Å². The van der Waals surface area contributed by atoms with E-state index in [4.69, 9.17) is 0 Å². The summed E-state index contributed by atoms with van der Waals surface area (Å²) in [4.78, 5) is 16.7. The molecule has 0 aliphatic heterocycles. The fraction of sp³-hybridized carbons (Fsp3) is 0.250. The van der Waals surface area contributed by atoms with E-state index in [2.05, 4.69) is 51.9 Å². The summed E-state index contributed by atoms with van der Waals surface area (Å²) in [6.07, 6.45) is 4.20. The van der Waals surface area contributed by atoms with Crippen LogP contribution in [0.15, 0.2) is 54.9 Å². The van der Waals surface area contributed by atoms with Crippen LogP contribution in [0.2, 0.25) is 0 Å². The van der Waals surface area contributed by atoms with Gasteiger partial charge < -0.3 is 5.32 Å². The number of anilines is 1. The molecular weight excluding hydrogens is 326 g/mol. The summed E-state index contributed by atoms with van der Waals surface area (Å²) in [5, 5.41) is 10.1. The summed E-state index contributed by atoms with van der Waals surface area (Å²) in [5.41, 5.74) is 4.18. The number of pyridine rings is 1. The fourth-order valence-electron chi connectivity index (χ4n) is 2.83. The summed E-state index contributed by atoms with van der Waals surface area (Å²) in [6, 6.07) is 13.6. The van der Waals surface area contributed by atoms with Crippen LogP contribution in [0.4, 0.5) is 10.6 Å². The van der Waals surface area contributed by atoms with E-state index in [-0.39, 0.29) is 12.1 Å². The van der Waals surface area contributed by atoms with Crippen molar-refractivity contribution in [3.63, 3.8) is 0 Å². The molecule has 0 fully saturated rings. The van der Waals surface area contributed by atoms with E-state index in [1.54, 1.807) is 24.1 Å². The van der Waals surface area contributed by atoms with Crippen LogP contribution in [0.25, 0.3) is 0 Å². The molecule has 26 heavy (non-hydrogen) atoms. The molecule has 2 amide bonds. The normalized spacial score (nSPS) is 11.8. The number of carbonyl (C=O) groups excluding carboxylic acids is 1. The van der Waals surface area contributed by atoms with E-state index in [0.29, 0.717) is 12.2 Å². The lowest BCUT2D eigenvalue weighted by atomic mass is 9.99. The van der Waals surface area contributed by atoms with E-state index in [9.17, 15) is 4.79 Å². The molecule has 1 atom stereocenters. The van der Waals surface area contributed by atoms with Gasteiger partial charge in [-0.1, -0.05) is 35.9 Å². The lowest BCUT2D eigenvalue weighted by molar-refractivity contribution is 0.248. The molecule has 3 rings (SSSR count). The number of amides is 2. The third kappa shape index (κ3) is 4.47. The minimum atomic E-state index is -0.269. The van der Waals surface area contributed by atoms with Crippen molar-refractivity contribution >= 4 is 11.8 Å². The Hall–Kier alpha value is -3.15. The molecule has 2 N–H and O–H groups in total. The van der Waals surface area contributed by atoms with E-state index in [1.165, 1.54) is 5.56 Å². The van der Waals surface area contributed by atoms with Crippen molar-refractivity contribution in [1.29, 1.82) is 0 Å². The molecule has 134 valence electrons. The monoisotopic (exact) mass is 349 g/mol. The summed E-state index contributed by atoms with van der Waals surface area (Å²) in [5.74, 6) is 0.653. The lowest BCUT2D eigenvalue weighted by Crippen LogP contribution is -2.34. The first-order valence-corrected chi connectivity index (χ1v) is 8.55. The first kappa shape index (κ1) is 17.7. The lowest BCUT2D eigenvalue weighted by Gasteiger charge is -2.19. The quantitative estimate of drug-likeness (QED) is 0.740. The number of carbonyl (C=O) groups is 1. The molecule has 2 heterocycles. The largest absolute Gasteiger partial charge is 0.331 e. The Morgan fingerprint density at radius 1 is 1.19 bits per heavy atom. The standard InChI is InChI=1S/C20H23N5O/c1-14-6-8-16(9-7-14)12-18(17-5-4-10-21-13-17)22-20(26)23-19-11-15(2)24-25(19)3/h4-11,13,18H,12H2,1-3H3,(H2,22,23,26). The van der Waals surface area contributed by atoms with Crippen LogP contribution in [0.1, 0.15) is 28.4 Å². The van der Waals surface area contributed by atoms with Gasteiger partial charge in [0.15, 0.2) is 0 Å². The molecule has 6 nitrogen and oxygen atoms in total. The molecule has 3 aromatic rings. The van der Waals surface area contributed by atoms with Gasteiger partial charge in [-0.15, -0.1) is 0 Å². The molecule has 0 radical (unpaired) electrons. The predicted molar refractivity (Wildman–Crippen MR) is 102 cm³/mol. The number of hydrogen-bond donors (Lipinski definition) is 2. The summed E-state index contributed by atoms with van der Waals surface area (Å²) in [6.45, 7) is 3.95. The average molecular weight is 349 g/mol. The molecule has 1 aromatic carbocycles. The molecule has 0 spiro atoms. The Morgan fingerprint density at radius 2 is 1.96 bits per heavy atom. The van der Waals surface area contributed by atoms with Gasteiger partial charge >= 0.3 is 6.03 Å². The predicted octanol–water partition coefficient (Wildman–Crippen LogP) is 3.54. The van der Waals surface area contributed by atoms with Gasteiger partial charge in [-0.25, -0.2) is 4.79 Å². The van der Waals surface area contributed by atoms with Crippen LogP contribution in [-0.2, 0) is 13.5 Å². The van der Waals surface area contributed by atoms with Gasteiger partial charge in [0.1, 0.15) is 5.82 Å². The number of aryl methyl sites for hydroxylation is 3. The Balaban J connectivity index is 1.76. The smallest absolute Gasteiger partial charge is 0.320 e.